The smallest absolute Gasteiger partial charge is 0.125 e. The highest BCUT2D eigenvalue weighted by molar-refractivity contribution is 5.35. The molecule has 0 amide bonds. The monoisotopic (exact) mass is 275 g/mol. The molecule has 2 rings (SSSR count). The van der Waals surface area contributed by atoms with Crippen LogP contribution in [0.25, 0.3) is 0 Å². The van der Waals surface area contributed by atoms with Gasteiger partial charge in [0.25, 0.3) is 0 Å². The number of nitrogens with zero attached hydrogens (tertiary/aromatic N) is 2. The Hall–Kier alpha value is -1.09. The zero-order valence-corrected chi connectivity index (χ0v) is 13.2. The van der Waals surface area contributed by atoms with Crippen molar-refractivity contribution < 1.29 is 0 Å². The van der Waals surface area contributed by atoms with Crippen LogP contribution in [0.1, 0.15) is 52.0 Å². The molecule has 0 aliphatic heterocycles. The standard InChI is InChI=1S/C17H29N3/c1-4-10-18-17-8-5-15(12-19-17)13-20(16-6-7-16)11-9-14(2)3/h5,8,12,14,16H,4,6-7,9-11,13H2,1-3H3,(H,18,19). The van der Waals surface area contributed by atoms with E-state index in [1.165, 1.54) is 31.4 Å². The first kappa shape index (κ1) is 15.3. The molecule has 0 aromatic carbocycles. The van der Waals surface area contributed by atoms with Crippen LogP contribution < -0.4 is 5.32 Å². The van der Waals surface area contributed by atoms with Crippen molar-refractivity contribution in [3.05, 3.63) is 23.9 Å². The number of nitrogens with one attached hydrogen (secondary N) is 1. The van der Waals surface area contributed by atoms with Gasteiger partial charge in [-0.25, -0.2) is 4.98 Å². The van der Waals surface area contributed by atoms with E-state index in [0.29, 0.717) is 0 Å². The highest BCUT2D eigenvalue weighted by atomic mass is 15.2. The van der Waals surface area contributed by atoms with Crippen molar-refractivity contribution in [3.8, 4) is 0 Å². The fourth-order valence-corrected chi connectivity index (χ4v) is 2.36. The van der Waals surface area contributed by atoms with Gasteiger partial charge >= 0.3 is 0 Å². The van der Waals surface area contributed by atoms with Crippen LogP contribution in [0.4, 0.5) is 5.82 Å². The van der Waals surface area contributed by atoms with Crippen LogP contribution in [0.3, 0.4) is 0 Å². The van der Waals surface area contributed by atoms with Crippen molar-refractivity contribution in [2.24, 2.45) is 5.92 Å². The zero-order chi connectivity index (χ0) is 14.4. The lowest BCUT2D eigenvalue weighted by Crippen LogP contribution is -2.27. The van der Waals surface area contributed by atoms with Gasteiger partial charge in [-0.2, -0.15) is 0 Å². The fraction of sp³-hybridized carbons (Fsp3) is 0.706. The molecule has 20 heavy (non-hydrogen) atoms. The van der Waals surface area contributed by atoms with Gasteiger partial charge in [0.15, 0.2) is 0 Å². The van der Waals surface area contributed by atoms with E-state index >= 15 is 0 Å². The molecule has 3 nitrogen and oxygen atoms in total. The van der Waals surface area contributed by atoms with Gasteiger partial charge in [-0.3, -0.25) is 4.90 Å². The molecule has 0 unspecified atom stereocenters. The topological polar surface area (TPSA) is 28.2 Å². The second-order valence-corrected chi connectivity index (χ2v) is 6.36. The van der Waals surface area contributed by atoms with Gasteiger partial charge in [0.05, 0.1) is 0 Å². The average Bonchev–Trinajstić information content (AvgIpc) is 3.27. The van der Waals surface area contributed by atoms with Gasteiger partial charge in [-0.1, -0.05) is 26.8 Å². The minimum Gasteiger partial charge on any atom is -0.370 e. The zero-order valence-electron chi connectivity index (χ0n) is 13.2. The molecule has 1 aliphatic carbocycles. The maximum absolute atomic E-state index is 4.51. The summed E-state index contributed by atoms with van der Waals surface area (Å²) in [7, 11) is 0. The molecule has 1 heterocycles. The van der Waals surface area contributed by atoms with Gasteiger partial charge in [-0.05, 0) is 49.8 Å². The number of aromatic nitrogens is 1. The van der Waals surface area contributed by atoms with E-state index in [0.717, 1.165) is 37.3 Å². The second kappa shape index (κ2) is 7.63. The normalized spacial score (nSPS) is 15.1. The maximum atomic E-state index is 4.51. The van der Waals surface area contributed by atoms with Crippen molar-refractivity contribution in [3.63, 3.8) is 0 Å². The molecular formula is C17H29N3. The largest absolute Gasteiger partial charge is 0.370 e. The van der Waals surface area contributed by atoms with E-state index in [1.807, 2.05) is 6.20 Å². The van der Waals surface area contributed by atoms with Gasteiger partial charge in [-0.15, -0.1) is 0 Å². The number of pyridine rings is 1. The molecule has 1 saturated carbocycles. The first-order valence-electron chi connectivity index (χ1n) is 8.12. The lowest BCUT2D eigenvalue weighted by atomic mass is 10.1. The first-order valence-corrected chi connectivity index (χ1v) is 8.12. The van der Waals surface area contributed by atoms with E-state index in [4.69, 9.17) is 0 Å². The second-order valence-electron chi connectivity index (χ2n) is 6.36. The van der Waals surface area contributed by atoms with Crippen LogP contribution in [0, 0.1) is 5.92 Å². The van der Waals surface area contributed by atoms with Crippen LogP contribution in [0.5, 0.6) is 0 Å². The summed E-state index contributed by atoms with van der Waals surface area (Å²) in [4.78, 5) is 7.14. The SMILES string of the molecule is CCCNc1ccc(CN(CCC(C)C)C2CC2)cn1. The third-order valence-corrected chi connectivity index (χ3v) is 3.82. The highest BCUT2D eigenvalue weighted by Crippen LogP contribution is 2.28. The molecule has 1 aromatic heterocycles. The van der Waals surface area contributed by atoms with Crippen LogP contribution in [-0.2, 0) is 6.54 Å². The van der Waals surface area contributed by atoms with Crippen molar-refractivity contribution in [2.75, 3.05) is 18.4 Å². The summed E-state index contributed by atoms with van der Waals surface area (Å²) >= 11 is 0. The summed E-state index contributed by atoms with van der Waals surface area (Å²) in [5.41, 5.74) is 1.34. The third-order valence-electron chi connectivity index (χ3n) is 3.82. The van der Waals surface area contributed by atoms with Gasteiger partial charge in [0.1, 0.15) is 5.82 Å². The Morgan fingerprint density at radius 1 is 1.35 bits per heavy atom. The summed E-state index contributed by atoms with van der Waals surface area (Å²) < 4.78 is 0. The van der Waals surface area contributed by atoms with E-state index < -0.39 is 0 Å². The number of hydrogen-bond acceptors (Lipinski definition) is 3. The van der Waals surface area contributed by atoms with Crippen molar-refractivity contribution in [2.45, 2.75) is 59.0 Å². The highest BCUT2D eigenvalue weighted by Gasteiger charge is 2.28. The average molecular weight is 275 g/mol. The van der Waals surface area contributed by atoms with Crippen LogP contribution >= 0.6 is 0 Å². The van der Waals surface area contributed by atoms with Crippen LogP contribution in [0.2, 0.25) is 0 Å². The summed E-state index contributed by atoms with van der Waals surface area (Å²) in [5.74, 6) is 1.78. The Labute approximate surface area is 123 Å². The van der Waals surface area contributed by atoms with Crippen LogP contribution in [-0.4, -0.2) is 29.0 Å². The Morgan fingerprint density at radius 2 is 2.15 bits per heavy atom. The van der Waals surface area contributed by atoms with Crippen molar-refractivity contribution >= 4 is 5.82 Å². The fourth-order valence-electron chi connectivity index (χ4n) is 2.36. The minimum atomic E-state index is 0.787. The summed E-state index contributed by atoms with van der Waals surface area (Å²) in [5, 5.41) is 3.33. The van der Waals surface area contributed by atoms with Crippen molar-refractivity contribution in [1.82, 2.24) is 9.88 Å². The molecule has 0 radical (unpaired) electrons. The van der Waals surface area contributed by atoms with E-state index in [1.54, 1.807) is 0 Å². The van der Waals surface area contributed by atoms with Gasteiger partial charge < -0.3 is 5.32 Å². The third kappa shape index (κ3) is 5.12. The Balaban J connectivity index is 1.86. The minimum absolute atomic E-state index is 0.787. The maximum Gasteiger partial charge on any atom is 0.125 e. The molecule has 112 valence electrons. The van der Waals surface area contributed by atoms with Gasteiger partial charge in [0, 0.05) is 25.3 Å². The molecule has 1 aromatic rings. The summed E-state index contributed by atoms with van der Waals surface area (Å²) in [6.45, 7) is 10.1. The Morgan fingerprint density at radius 3 is 2.70 bits per heavy atom. The first-order chi connectivity index (χ1) is 9.69. The van der Waals surface area contributed by atoms with E-state index in [-0.39, 0.29) is 0 Å². The van der Waals surface area contributed by atoms with E-state index in [9.17, 15) is 0 Å². The molecule has 0 spiro atoms. The lowest BCUT2D eigenvalue weighted by Gasteiger charge is -2.23. The number of anilines is 1. The molecule has 1 aliphatic rings. The Bertz CT molecular complexity index is 382. The molecule has 1 fully saturated rings. The number of rotatable bonds is 9. The van der Waals surface area contributed by atoms with Crippen molar-refractivity contribution in [1.29, 1.82) is 0 Å². The molecule has 1 N–H and O–H groups in total. The molecular weight excluding hydrogens is 246 g/mol. The number of hydrogen-bond donors (Lipinski definition) is 1. The molecule has 0 bridgehead atoms. The van der Waals surface area contributed by atoms with Gasteiger partial charge in [0.2, 0.25) is 0 Å². The molecule has 0 saturated heterocycles. The quantitative estimate of drug-likeness (QED) is 0.740. The molecule has 0 atom stereocenters. The van der Waals surface area contributed by atoms with Crippen LogP contribution in [0.15, 0.2) is 18.3 Å². The Kier molecular flexibility index (Phi) is 5.84. The predicted octanol–water partition coefficient (Wildman–Crippen LogP) is 3.91. The molecule has 3 heteroatoms. The van der Waals surface area contributed by atoms with E-state index in [2.05, 4.69) is 48.1 Å². The lowest BCUT2D eigenvalue weighted by molar-refractivity contribution is 0.239. The summed E-state index contributed by atoms with van der Waals surface area (Å²) in [6.07, 6.45) is 7.21. The predicted molar refractivity (Wildman–Crippen MR) is 85.9 cm³/mol. The summed E-state index contributed by atoms with van der Waals surface area (Å²) in [6, 6.07) is 5.15.